The Labute approximate surface area is 197 Å². The Hall–Kier alpha value is -2.84. The number of fused-ring (bicyclic) bond motifs is 1. The molecule has 0 bridgehead atoms. The van der Waals surface area contributed by atoms with Crippen LogP contribution in [0.4, 0.5) is 5.69 Å². The molecule has 0 saturated carbocycles. The van der Waals surface area contributed by atoms with Crippen molar-refractivity contribution in [1.29, 1.82) is 0 Å². The summed E-state index contributed by atoms with van der Waals surface area (Å²) in [5.41, 5.74) is 4.96. The van der Waals surface area contributed by atoms with Gasteiger partial charge < -0.3 is 14.8 Å². The molecule has 1 saturated heterocycles. The fraction of sp³-hybridized carbons (Fsp3) is 0.292. The quantitative estimate of drug-likeness (QED) is 0.477. The van der Waals surface area contributed by atoms with Gasteiger partial charge in [0.05, 0.1) is 4.91 Å². The number of carbonyl (C=O) groups excluding carboxylic acids is 2. The molecule has 0 atom stereocenters. The van der Waals surface area contributed by atoms with Crippen molar-refractivity contribution in [2.45, 2.75) is 33.6 Å². The van der Waals surface area contributed by atoms with Gasteiger partial charge in [-0.15, -0.1) is 0 Å². The number of hydrogen-bond acceptors (Lipinski definition) is 6. The van der Waals surface area contributed by atoms with Crippen molar-refractivity contribution in [3.8, 4) is 11.5 Å². The molecule has 2 aliphatic heterocycles. The van der Waals surface area contributed by atoms with E-state index in [4.69, 9.17) is 21.7 Å². The standard InChI is InChI=1S/C24H24N2O4S2/c1-14-9-15(2)22(16(3)10-14)25-21(27)5-4-8-26-23(28)20(32-24(26)31)12-17-6-7-18-19(11-17)30-13-29-18/h6-7,9-12H,4-5,8,13H2,1-3H3,(H,25,27). The zero-order valence-corrected chi connectivity index (χ0v) is 19.8. The number of rotatable bonds is 6. The van der Waals surface area contributed by atoms with Gasteiger partial charge in [0.15, 0.2) is 11.5 Å². The van der Waals surface area contributed by atoms with E-state index in [1.807, 2.05) is 39.0 Å². The number of nitrogens with one attached hydrogen (secondary N) is 1. The maximum Gasteiger partial charge on any atom is 0.266 e. The highest BCUT2D eigenvalue weighted by Gasteiger charge is 2.31. The molecule has 0 aliphatic carbocycles. The molecule has 2 heterocycles. The van der Waals surface area contributed by atoms with Crippen LogP contribution in [0.1, 0.15) is 35.1 Å². The number of ether oxygens (including phenoxy) is 2. The Morgan fingerprint density at radius 3 is 2.62 bits per heavy atom. The predicted octanol–water partition coefficient (Wildman–Crippen LogP) is 4.96. The molecule has 166 valence electrons. The maximum atomic E-state index is 12.8. The summed E-state index contributed by atoms with van der Waals surface area (Å²) in [7, 11) is 0. The van der Waals surface area contributed by atoms with E-state index in [0.717, 1.165) is 22.4 Å². The van der Waals surface area contributed by atoms with Gasteiger partial charge in [-0.3, -0.25) is 14.5 Å². The minimum absolute atomic E-state index is 0.0682. The molecule has 8 heteroatoms. The molecular weight excluding hydrogens is 444 g/mol. The number of anilines is 1. The third kappa shape index (κ3) is 4.81. The zero-order valence-electron chi connectivity index (χ0n) is 18.2. The molecule has 0 spiro atoms. The van der Waals surface area contributed by atoms with Crippen molar-refractivity contribution in [2.24, 2.45) is 0 Å². The highest BCUT2D eigenvalue weighted by Crippen LogP contribution is 2.36. The van der Waals surface area contributed by atoms with Crippen molar-refractivity contribution in [2.75, 3.05) is 18.7 Å². The lowest BCUT2D eigenvalue weighted by molar-refractivity contribution is -0.122. The molecule has 6 nitrogen and oxygen atoms in total. The van der Waals surface area contributed by atoms with E-state index in [0.29, 0.717) is 40.1 Å². The number of aryl methyl sites for hydroxylation is 3. The highest BCUT2D eigenvalue weighted by atomic mass is 32.2. The Bertz CT molecular complexity index is 1120. The van der Waals surface area contributed by atoms with E-state index in [1.54, 1.807) is 11.0 Å². The number of thiocarbonyl (C=S) groups is 1. The average molecular weight is 469 g/mol. The number of amides is 2. The van der Waals surface area contributed by atoms with Crippen molar-refractivity contribution >= 4 is 51.9 Å². The molecule has 2 amide bonds. The summed E-state index contributed by atoms with van der Waals surface area (Å²) in [5, 5.41) is 3.00. The number of carbonyl (C=O) groups is 2. The Kier molecular flexibility index (Phi) is 6.53. The number of nitrogens with zero attached hydrogens (tertiary/aromatic N) is 1. The van der Waals surface area contributed by atoms with Crippen LogP contribution in [0, 0.1) is 20.8 Å². The Balaban J connectivity index is 1.33. The van der Waals surface area contributed by atoms with Crippen molar-refractivity contribution in [3.63, 3.8) is 0 Å². The van der Waals surface area contributed by atoms with Gasteiger partial charge in [-0.1, -0.05) is 47.7 Å². The summed E-state index contributed by atoms with van der Waals surface area (Å²) in [6.45, 7) is 6.62. The Morgan fingerprint density at radius 1 is 1.16 bits per heavy atom. The van der Waals surface area contributed by atoms with E-state index in [2.05, 4.69) is 17.4 Å². The van der Waals surface area contributed by atoms with Gasteiger partial charge in [-0.25, -0.2) is 0 Å². The molecule has 0 aromatic heterocycles. The van der Waals surface area contributed by atoms with Gasteiger partial charge in [0.25, 0.3) is 5.91 Å². The van der Waals surface area contributed by atoms with E-state index in [1.165, 1.54) is 17.3 Å². The molecule has 0 unspecified atom stereocenters. The summed E-state index contributed by atoms with van der Waals surface area (Å²) in [4.78, 5) is 27.4. The lowest BCUT2D eigenvalue weighted by Gasteiger charge is -2.15. The van der Waals surface area contributed by atoms with E-state index in [9.17, 15) is 9.59 Å². The summed E-state index contributed by atoms with van der Waals surface area (Å²) in [5.74, 6) is 1.16. The second-order valence-electron chi connectivity index (χ2n) is 7.87. The molecular formula is C24H24N2O4S2. The first-order valence-electron chi connectivity index (χ1n) is 10.3. The van der Waals surface area contributed by atoms with Gasteiger partial charge in [0.1, 0.15) is 4.32 Å². The van der Waals surface area contributed by atoms with Crippen molar-refractivity contribution in [1.82, 2.24) is 4.90 Å². The number of benzene rings is 2. The van der Waals surface area contributed by atoms with E-state index in [-0.39, 0.29) is 18.6 Å². The van der Waals surface area contributed by atoms with Crippen molar-refractivity contribution < 1.29 is 19.1 Å². The lowest BCUT2D eigenvalue weighted by atomic mass is 10.0. The molecule has 1 N–H and O–H groups in total. The average Bonchev–Trinajstić information content (AvgIpc) is 3.30. The summed E-state index contributed by atoms with van der Waals surface area (Å²) < 4.78 is 11.2. The van der Waals surface area contributed by atoms with Crippen molar-refractivity contribution in [3.05, 3.63) is 57.5 Å². The number of thioether (sulfide) groups is 1. The second-order valence-corrected chi connectivity index (χ2v) is 9.55. The van der Waals surface area contributed by atoms with Gasteiger partial charge in [0.2, 0.25) is 12.7 Å². The van der Waals surface area contributed by atoms with Crippen LogP contribution in [0.2, 0.25) is 0 Å². The van der Waals surface area contributed by atoms with Gasteiger partial charge in [0, 0.05) is 18.7 Å². The minimum atomic E-state index is -0.136. The van der Waals surface area contributed by atoms with Crippen LogP contribution in [-0.4, -0.2) is 34.4 Å². The molecule has 2 aliphatic rings. The largest absolute Gasteiger partial charge is 0.454 e. The first kappa shape index (κ1) is 22.4. The van der Waals surface area contributed by atoms with Crippen LogP contribution in [0.5, 0.6) is 11.5 Å². The summed E-state index contributed by atoms with van der Waals surface area (Å²) in [6, 6.07) is 9.64. The lowest BCUT2D eigenvalue weighted by Crippen LogP contribution is -2.29. The minimum Gasteiger partial charge on any atom is -0.454 e. The molecule has 1 fully saturated rings. The molecule has 0 radical (unpaired) electrons. The van der Waals surface area contributed by atoms with Gasteiger partial charge >= 0.3 is 0 Å². The third-order valence-corrected chi connectivity index (χ3v) is 6.67. The third-order valence-electron chi connectivity index (χ3n) is 5.29. The summed E-state index contributed by atoms with van der Waals surface area (Å²) >= 11 is 6.68. The van der Waals surface area contributed by atoms with Crippen LogP contribution >= 0.6 is 24.0 Å². The van der Waals surface area contributed by atoms with Crippen LogP contribution in [0.3, 0.4) is 0 Å². The van der Waals surface area contributed by atoms with Gasteiger partial charge in [-0.05, 0) is 62.1 Å². The predicted molar refractivity (Wildman–Crippen MR) is 131 cm³/mol. The van der Waals surface area contributed by atoms with Crippen LogP contribution < -0.4 is 14.8 Å². The van der Waals surface area contributed by atoms with E-state index < -0.39 is 0 Å². The van der Waals surface area contributed by atoms with Crippen LogP contribution in [-0.2, 0) is 9.59 Å². The van der Waals surface area contributed by atoms with Crippen LogP contribution in [0.25, 0.3) is 6.08 Å². The molecule has 2 aromatic rings. The first-order chi connectivity index (χ1) is 15.3. The first-order valence-corrected chi connectivity index (χ1v) is 11.6. The second kappa shape index (κ2) is 9.34. The fourth-order valence-corrected chi connectivity index (χ4v) is 5.13. The molecule has 2 aromatic carbocycles. The maximum absolute atomic E-state index is 12.8. The topological polar surface area (TPSA) is 67.9 Å². The van der Waals surface area contributed by atoms with E-state index >= 15 is 0 Å². The Morgan fingerprint density at radius 2 is 1.88 bits per heavy atom. The van der Waals surface area contributed by atoms with Gasteiger partial charge in [-0.2, -0.15) is 0 Å². The normalized spacial score (nSPS) is 16.2. The van der Waals surface area contributed by atoms with Crippen LogP contribution in [0.15, 0.2) is 35.2 Å². The highest BCUT2D eigenvalue weighted by molar-refractivity contribution is 8.26. The molecule has 32 heavy (non-hydrogen) atoms. The monoisotopic (exact) mass is 468 g/mol. The SMILES string of the molecule is Cc1cc(C)c(NC(=O)CCCN2C(=O)C(=Cc3ccc4c(c3)OCO4)SC2=S)c(C)c1. The fourth-order valence-electron chi connectivity index (χ4n) is 3.82. The smallest absolute Gasteiger partial charge is 0.266 e. The number of hydrogen-bond donors (Lipinski definition) is 1. The summed E-state index contributed by atoms with van der Waals surface area (Å²) in [6.07, 6.45) is 2.64. The molecule has 4 rings (SSSR count). The zero-order chi connectivity index (χ0) is 22.8.